The van der Waals surface area contributed by atoms with Gasteiger partial charge in [-0.25, -0.2) is 0 Å². The molecule has 1 aromatic rings. The number of nitrogens with zero attached hydrogens (tertiary/aromatic N) is 1. The molecule has 19 heavy (non-hydrogen) atoms. The first-order valence-corrected chi connectivity index (χ1v) is 8.92. The van der Waals surface area contributed by atoms with Crippen molar-refractivity contribution in [2.24, 2.45) is 4.99 Å². The molecule has 0 aliphatic heterocycles. The van der Waals surface area contributed by atoms with Crippen LogP contribution >= 0.6 is 23.1 Å². The zero-order chi connectivity index (χ0) is 13.7. The molecular formula is C14H23N3S2. The van der Waals surface area contributed by atoms with Gasteiger partial charge in [-0.05, 0) is 49.5 Å². The maximum Gasteiger partial charge on any atom is 0.191 e. The predicted molar refractivity (Wildman–Crippen MR) is 87.3 cm³/mol. The van der Waals surface area contributed by atoms with Crippen LogP contribution in [-0.2, 0) is 6.54 Å². The van der Waals surface area contributed by atoms with Crippen LogP contribution < -0.4 is 10.6 Å². The third kappa shape index (κ3) is 4.14. The summed E-state index contributed by atoms with van der Waals surface area (Å²) in [6.07, 6.45) is 6.03. The van der Waals surface area contributed by atoms with Gasteiger partial charge < -0.3 is 10.6 Å². The molecule has 1 heterocycles. The van der Waals surface area contributed by atoms with E-state index in [4.69, 9.17) is 0 Å². The highest BCUT2D eigenvalue weighted by molar-refractivity contribution is 7.99. The van der Waals surface area contributed by atoms with Crippen molar-refractivity contribution in [3.8, 4) is 0 Å². The van der Waals surface area contributed by atoms with E-state index in [9.17, 15) is 0 Å². The van der Waals surface area contributed by atoms with Crippen molar-refractivity contribution < 1.29 is 0 Å². The summed E-state index contributed by atoms with van der Waals surface area (Å²) in [5.41, 5.74) is 1.36. The highest BCUT2D eigenvalue weighted by atomic mass is 32.2. The molecule has 2 N–H and O–H groups in total. The quantitative estimate of drug-likeness (QED) is 0.662. The van der Waals surface area contributed by atoms with Gasteiger partial charge in [0.25, 0.3) is 0 Å². The molecule has 1 saturated carbocycles. The van der Waals surface area contributed by atoms with Crippen LogP contribution in [0.3, 0.4) is 0 Å². The summed E-state index contributed by atoms with van der Waals surface area (Å²) in [5.74, 6) is 0.930. The summed E-state index contributed by atoms with van der Waals surface area (Å²) in [4.78, 5) is 5.71. The molecule has 0 aromatic carbocycles. The van der Waals surface area contributed by atoms with E-state index < -0.39 is 0 Å². The van der Waals surface area contributed by atoms with Gasteiger partial charge >= 0.3 is 0 Å². The van der Waals surface area contributed by atoms with Gasteiger partial charge in [-0.3, -0.25) is 4.99 Å². The molecular weight excluding hydrogens is 274 g/mol. The zero-order valence-corrected chi connectivity index (χ0v) is 13.5. The van der Waals surface area contributed by atoms with E-state index in [-0.39, 0.29) is 0 Å². The Kier molecular flexibility index (Phi) is 5.58. The Morgan fingerprint density at radius 1 is 1.53 bits per heavy atom. The van der Waals surface area contributed by atoms with Crippen molar-refractivity contribution in [2.75, 3.05) is 13.3 Å². The minimum absolute atomic E-state index is 0.577. The summed E-state index contributed by atoms with van der Waals surface area (Å²) in [7, 11) is 1.84. The Bertz CT molecular complexity index is 428. The topological polar surface area (TPSA) is 36.4 Å². The van der Waals surface area contributed by atoms with E-state index in [1.165, 1.54) is 29.7 Å². The number of aliphatic imine (C=N–C) groups is 1. The van der Waals surface area contributed by atoms with Crippen molar-refractivity contribution in [2.45, 2.75) is 44.0 Å². The second kappa shape index (κ2) is 7.20. The van der Waals surface area contributed by atoms with Crippen molar-refractivity contribution in [1.82, 2.24) is 10.6 Å². The fraction of sp³-hybridized carbons (Fsp3) is 0.643. The van der Waals surface area contributed by atoms with Crippen molar-refractivity contribution in [1.29, 1.82) is 0 Å². The predicted octanol–water partition coefficient (Wildman–Crippen LogP) is 3.01. The van der Waals surface area contributed by atoms with Gasteiger partial charge in [0.1, 0.15) is 0 Å². The molecule has 0 amide bonds. The van der Waals surface area contributed by atoms with Crippen molar-refractivity contribution >= 4 is 29.1 Å². The summed E-state index contributed by atoms with van der Waals surface area (Å²) in [5, 5.41) is 9.91. The van der Waals surface area contributed by atoms with Crippen molar-refractivity contribution in [3.05, 3.63) is 21.9 Å². The summed E-state index contributed by atoms with van der Waals surface area (Å²) in [6.45, 7) is 3.02. The number of nitrogens with one attached hydrogen (secondary N) is 2. The molecule has 3 nitrogen and oxygen atoms in total. The van der Waals surface area contributed by atoms with Crippen LogP contribution in [0.2, 0.25) is 0 Å². The van der Waals surface area contributed by atoms with E-state index in [0.29, 0.717) is 6.04 Å². The number of guanidine groups is 1. The molecule has 1 fully saturated rings. The Hall–Kier alpha value is -0.680. The molecule has 2 atom stereocenters. The molecule has 1 aliphatic carbocycles. The first kappa shape index (κ1) is 14.7. The van der Waals surface area contributed by atoms with Gasteiger partial charge in [0.05, 0.1) is 6.54 Å². The Labute approximate surface area is 124 Å². The first-order chi connectivity index (χ1) is 9.22. The normalized spacial score (nSPS) is 23.6. The number of hydrogen-bond acceptors (Lipinski definition) is 3. The molecule has 1 aromatic heterocycles. The third-order valence-electron chi connectivity index (χ3n) is 3.67. The van der Waals surface area contributed by atoms with Crippen molar-refractivity contribution in [3.63, 3.8) is 0 Å². The van der Waals surface area contributed by atoms with E-state index in [0.717, 1.165) is 17.8 Å². The molecule has 0 bridgehead atoms. The number of aryl methyl sites for hydroxylation is 1. The van der Waals surface area contributed by atoms with Crippen LogP contribution in [-0.4, -0.2) is 30.6 Å². The van der Waals surface area contributed by atoms with Crippen LogP contribution in [0.15, 0.2) is 16.4 Å². The summed E-state index contributed by atoms with van der Waals surface area (Å²) in [6, 6.07) is 2.74. The Balaban J connectivity index is 1.80. The number of rotatable bonds is 4. The van der Waals surface area contributed by atoms with Gasteiger partial charge in [0.2, 0.25) is 0 Å². The monoisotopic (exact) mass is 297 g/mol. The van der Waals surface area contributed by atoms with Crippen LogP contribution in [0.5, 0.6) is 0 Å². The van der Waals surface area contributed by atoms with E-state index in [1.54, 1.807) is 11.3 Å². The number of hydrogen-bond donors (Lipinski definition) is 2. The fourth-order valence-electron chi connectivity index (χ4n) is 2.42. The second-order valence-electron chi connectivity index (χ2n) is 4.96. The number of thiophene rings is 1. The minimum atomic E-state index is 0.577. The standard InChI is InChI=1S/C14H23N3S2/c1-10-6-7-19-13(10)9-16-14(15-2)17-11-4-5-12(8-11)18-3/h6-7,11-12H,4-5,8-9H2,1-3H3,(H2,15,16,17). The van der Waals surface area contributed by atoms with Gasteiger partial charge in [-0.1, -0.05) is 0 Å². The lowest BCUT2D eigenvalue weighted by Crippen LogP contribution is -2.42. The largest absolute Gasteiger partial charge is 0.354 e. The average molecular weight is 297 g/mol. The lowest BCUT2D eigenvalue weighted by Gasteiger charge is -2.17. The Morgan fingerprint density at radius 2 is 2.37 bits per heavy atom. The van der Waals surface area contributed by atoms with Gasteiger partial charge in [-0.2, -0.15) is 11.8 Å². The lowest BCUT2D eigenvalue weighted by molar-refractivity contribution is 0.615. The van der Waals surface area contributed by atoms with E-state index in [1.807, 2.05) is 18.8 Å². The highest BCUT2D eigenvalue weighted by Gasteiger charge is 2.24. The van der Waals surface area contributed by atoms with Gasteiger partial charge in [0, 0.05) is 23.2 Å². The average Bonchev–Trinajstić information content (AvgIpc) is 3.03. The smallest absolute Gasteiger partial charge is 0.191 e. The van der Waals surface area contributed by atoms with Crippen LogP contribution in [0.4, 0.5) is 0 Å². The summed E-state index contributed by atoms with van der Waals surface area (Å²) >= 11 is 3.79. The molecule has 2 rings (SSSR count). The lowest BCUT2D eigenvalue weighted by atomic mass is 10.2. The highest BCUT2D eigenvalue weighted by Crippen LogP contribution is 2.28. The zero-order valence-electron chi connectivity index (χ0n) is 11.9. The Morgan fingerprint density at radius 3 is 2.95 bits per heavy atom. The molecule has 0 saturated heterocycles. The second-order valence-corrected chi connectivity index (χ2v) is 7.10. The van der Waals surface area contributed by atoms with E-state index >= 15 is 0 Å². The maximum absolute atomic E-state index is 4.32. The summed E-state index contributed by atoms with van der Waals surface area (Å²) < 4.78 is 0. The van der Waals surface area contributed by atoms with Crippen LogP contribution in [0.1, 0.15) is 29.7 Å². The van der Waals surface area contributed by atoms with Crippen LogP contribution in [0, 0.1) is 6.92 Å². The molecule has 2 unspecified atom stereocenters. The third-order valence-corrected chi connectivity index (χ3v) is 5.78. The van der Waals surface area contributed by atoms with E-state index in [2.05, 4.69) is 40.3 Å². The fourth-order valence-corrected chi connectivity index (χ4v) is 4.06. The number of thioether (sulfide) groups is 1. The first-order valence-electron chi connectivity index (χ1n) is 6.76. The molecule has 0 radical (unpaired) electrons. The van der Waals surface area contributed by atoms with Crippen LogP contribution in [0.25, 0.3) is 0 Å². The van der Waals surface area contributed by atoms with Gasteiger partial charge in [-0.15, -0.1) is 11.3 Å². The van der Waals surface area contributed by atoms with Gasteiger partial charge in [0.15, 0.2) is 5.96 Å². The maximum atomic E-state index is 4.32. The minimum Gasteiger partial charge on any atom is -0.354 e. The SMILES string of the molecule is CN=C(NCc1sccc1C)NC1CCC(SC)C1. The molecule has 5 heteroatoms. The molecule has 0 spiro atoms. The molecule has 106 valence electrons. The molecule has 1 aliphatic rings.